The molecule has 104 valence electrons. The van der Waals surface area contributed by atoms with Crippen molar-refractivity contribution in [2.45, 2.75) is 39.7 Å². The highest BCUT2D eigenvalue weighted by molar-refractivity contribution is 5.78. The summed E-state index contributed by atoms with van der Waals surface area (Å²) in [5, 5.41) is 3.06. The molecule has 0 aliphatic carbocycles. The van der Waals surface area contributed by atoms with Gasteiger partial charge in [0.05, 0.1) is 6.54 Å². The molecule has 4 heteroatoms. The number of rotatable bonds is 5. The maximum Gasteiger partial charge on any atom is 0.188 e. The van der Waals surface area contributed by atoms with Gasteiger partial charge in [-0.3, -0.25) is 9.89 Å². The highest BCUT2D eigenvalue weighted by atomic mass is 15.2. The first kappa shape index (κ1) is 15.0. The standard InChI is InChI=1S/C14H28N4/c1-11(2)8-16-14(15)17-9-13(4)18-7-5-6-12(3)10-18/h12-13H,1,5-10H2,2-4H3,(H3,15,16,17). The molecule has 1 rings (SSSR count). The van der Waals surface area contributed by atoms with Crippen LogP contribution in [0.5, 0.6) is 0 Å². The van der Waals surface area contributed by atoms with Gasteiger partial charge in [0, 0.05) is 19.1 Å². The lowest BCUT2D eigenvalue weighted by Crippen LogP contribution is -2.43. The van der Waals surface area contributed by atoms with Crippen LogP contribution in [-0.4, -0.2) is 43.1 Å². The van der Waals surface area contributed by atoms with Crippen molar-refractivity contribution in [3.8, 4) is 0 Å². The zero-order valence-corrected chi connectivity index (χ0v) is 12.1. The van der Waals surface area contributed by atoms with E-state index in [9.17, 15) is 0 Å². The van der Waals surface area contributed by atoms with Crippen molar-refractivity contribution in [3.05, 3.63) is 12.2 Å². The fourth-order valence-corrected chi connectivity index (χ4v) is 2.27. The zero-order chi connectivity index (χ0) is 13.5. The lowest BCUT2D eigenvalue weighted by atomic mass is 9.99. The average Bonchev–Trinajstić information content (AvgIpc) is 2.33. The van der Waals surface area contributed by atoms with E-state index in [2.05, 4.69) is 35.6 Å². The summed E-state index contributed by atoms with van der Waals surface area (Å²) in [6.07, 6.45) is 2.66. The Morgan fingerprint density at radius 1 is 1.61 bits per heavy atom. The second-order valence-electron chi connectivity index (χ2n) is 5.63. The van der Waals surface area contributed by atoms with Crippen LogP contribution in [-0.2, 0) is 0 Å². The SMILES string of the molecule is C=C(C)CNC(N)=NCC(C)N1CCCC(C)C1. The second-order valence-corrected chi connectivity index (χ2v) is 5.63. The lowest BCUT2D eigenvalue weighted by molar-refractivity contribution is 0.142. The average molecular weight is 252 g/mol. The molecular weight excluding hydrogens is 224 g/mol. The van der Waals surface area contributed by atoms with Crippen LogP contribution < -0.4 is 11.1 Å². The first-order valence-corrected chi connectivity index (χ1v) is 6.91. The highest BCUT2D eigenvalue weighted by Gasteiger charge is 2.20. The van der Waals surface area contributed by atoms with Crippen LogP contribution in [0.2, 0.25) is 0 Å². The largest absolute Gasteiger partial charge is 0.370 e. The topological polar surface area (TPSA) is 53.6 Å². The van der Waals surface area contributed by atoms with Crippen LogP contribution in [0.4, 0.5) is 0 Å². The number of nitrogens with one attached hydrogen (secondary N) is 1. The Morgan fingerprint density at radius 2 is 2.33 bits per heavy atom. The Hall–Kier alpha value is -1.03. The minimum absolute atomic E-state index is 0.470. The van der Waals surface area contributed by atoms with E-state index in [1.807, 2.05) is 6.92 Å². The summed E-state index contributed by atoms with van der Waals surface area (Å²) in [6, 6.07) is 0.470. The maximum absolute atomic E-state index is 5.81. The Labute approximate surface area is 111 Å². The maximum atomic E-state index is 5.81. The number of aliphatic imine (C=N–C) groups is 1. The van der Waals surface area contributed by atoms with E-state index in [-0.39, 0.29) is 0 Å². The number of nitrogens with zero attached hydrogens (tertiary/aromatic N) is 2. The number of hydrogen-bond donors (Lipinski definition) is 2. The van der Waals surface area contributed by atoms with Gasteiger partial charge in [-0.05, 0) is 39.2 Å². The number of nitrogens with two attached hydrogens (primary N) is 1. The van der Waals surface area contributed by atoms with Gasteiger partial charge in [0.15, 0.2) is 5.96 Å². The van der Waals surface area contributed by atoms with Crippen molar-refractivity contribution < 1.29 is 0 Å². The molecule has 0 saturated carbocycles. The molecule has 4 nitrogen and oxygen atoms in total. The third-order valence-electron chi connectivity index (χ3n) is 3.41. The van der Waals surface area contributed by atoms with Crippen LogP contribution in [0.3, 0.4) is 0 Å². The number of hydrogen-bond acceptors (Lipinski definition) is 2. The van der Waals surface area contributed by atoms with Gasteiger partial charge in [-0.25, -0.2) is 0 Å². The second kappa shape index (κ2) is 7.41. The van der Waals surface area contributed by atoms with Gasteiger partial charge >= 0.3 is 0 Å². The van der Waals surface area contributed by atoms with Crippen molar-refractivity contribution in [2.24, 2.45) is 16.6 Å². The molecule has 1 heterocycles. The Kier molecular flexibility index (Phi) is 6.19. The zero-order valence-electron chi connectivity index (χ0n) is 12.1. The minimum atomic E-state index is 0.470. The van der Waals surface area contributed by atoms with E-state index in [0.29, 0.717) is 18.5 Å². The predicted octanol–water partition coefficient (Wildman–Crippen LogP) is 1.59. The number of likely N-dealkylation sites (tertiary alicyclic amines) is 1. The molecule has 0 aromatic heterocycles. The predicted molar refractivity (Wildman–Crippen MR) is 78.7 cm³/mol. The van der Waals surface area contributed by atoms with Crippen molar-refractivity contribution in [1.29, 1.82) is 0 Å². The fourth-order valence-electron chi connectivity index (χ4n) is 2.27. The minimum Gasteiger partial charge on any atom is -0.370 e. The molecule has 0 aromatic rings. The van der Waals surface area contributed by atoms with E-state index in [0.717, 1.165) is 18.0 Å². The first-order chi connectivity index (χ1) is 8.49. The lowest BCUT2D eigenvalue weighted by Gasteiger charge is -2.34. The van der Waals surface area contributed by atoms with Crippen molar-refractivity contribution in [1.82, 2.24) is 10.2 Å². The summed E-state index contributed by atoms with van der Waals surface area (Å²) in [5.41, 5.74) is 6.87. The summed E-state index contributed by atoms with van der Waals surface area (Å²) in [6.45, 7) is 14.2. The third kappa shape index (κ3) is 5.54. The molecule has 0 amide bonds. The fraction of sp³-hybridized carbons (Fsp3) is 0.786. The van der Waals surface area contributed by atoms with E-state index in [1.54, 1.807) is 0 Å². The molecule has 2 unspecified atom stereocenters. The molecule has 1 aliphatic heterocycles. The van der Waals surface area contributed by atoms with E-state index in [1.165, 1.54) is 25.9 Å². The van der Waals surface area contributed by atoms with Crippen LogP contribution in [0, 0.1) is 5.92 Å². The molecule has 18 heavy (non-hydrogen) atoms. The van der Waals surface area contributed by atoms with E-state index < -0.39 is 0 Å². The van der Waals surface area contributed by atoms with Gasteiger partial charge in [0.1, 0.15) is 0 Å². The monoisotopic (exact) mass is 252 g/mol. The normalized spacial score (nSPS) is 23.7. The Balaban J connectivity index is 2.32. The highest BCUT2D eigenvalue weighted by Crippen LogP contribution is 2.17. The van der Waals surface area contributed by atoms with Crippen molar-refractivity contribution in [3.63, 3.8) is 0 Å². The van der Waals surface area contributed by atoms with Crippen LogP contribution >= 0.6 is 0 Å². The first-order valence-electron chi connectivity index (χ1n) is 6.91. The molecule has 1 fully saturated rings. The van der Waals surface area contributed by atoms with Gasteiger partial charge in [-0.15, -0.1) is 0 Å². The molecule has 1 aliphatic rings. The molecule has 0 radical (unpaired) electrons. The van der Waals surface area contributed by atoms with Gasteiger partial charge in [-0.1, -0.05) is 19.1 Å². The van der Waals surface area contributed by atoms with Crippen molar-refractivity contribution >= 4 is 5.96 Å². The van der Waals surface area contributed by atoms with Crippen LogP contribution in [0.25, 0.3) is 0 Å². The number of piperidine rings is 1. The summed E-state index contributed by atoms with van der Waals surface area (Å²) in [7, 11) is 0. The Bertz CT molecular complexity index is 298. The Morgan fingerprint density at radius 3 is 2.94 bits per heavy atom. The smallest absolute Gasteiger partial charge is 0.188 e. The van der Waals surface area contributed by atoms with Gasteiger partial charge in [-0.2, -0.15) is 0 Å². The molecule has 3 N–H and O–H groups in total. The van der Waals surface area contributed by atoms with Gasteiger partial charge in [0.25, 0.3) is 0 Å². The summed E-state index contributed by atoms with van der Waals surface area (Å²) in [5.74, 6) is 1.33. The van der Waals surface area contributed by atoms with Crippen LogP contribution in [0.15, 0.2) is 17.1 Å². The van der Waals surface area contributed by atoms with E-state index in [4.69, 9.17) is 5.73 Å². The summed E-state index contributed by atoms with van der Waals surface area (Å²) >= 11 is 0. The van der Waals surface area contributed by atoms with Gasteiger partial charge in [0.2, 0.25) is 0 Å². The molecule has 0 aromatic carbocycles. The number of guanidine groups is 1. The molecular formula is C14H28N4. The van der Waals surface area contributed by atoms with Gasteiger partial charge < -0.3 is 11.1 Å². The van der Waals surface area contributed by atoms with Crippen molar-refractivity contribution in [2.75, 3.05) is 26.2 Å². The quantitative estimate of drug-likeness (QED) is 0.444. The third-order valence-corrected chi connectivity index (χ3v) is 3.41. The summed E-state index contributed by atoms with van der Waals surface area (Å²) in [4.78, 5) is 6.91. The van der Waals surface area contributed by atoms with E-state index >= 15 is 0 Å². The molecule has 1 saturated heterocycles. The van der Waals surface area contributed by atoms with Crippen LogP contribution in [0.1, 0.15) is 33.6 Å². The summed E-state index contributed by atoms with van der Waals surface area (Å²) < 4.78 is 0. The molecule has 0 spiro atoms. The molecule has 0 bridgehead atoms. The molecule has 2 atom stereocenters.